The van der Waals surface area contributed by atoms with Crippen molar-refractivity contribution in [1.29, 1.82) is 0 Å². The van der Waals surface area contributed by atoms with E-state index in [1.54, 1.807) is 18.2 Å². The molecule has 132 valence electrons. The van der Waals surface area contributed by atoms with Crippen molar-refractivity contribution in [3.8, 4) is 0 Å². The zero-order chi connectivity index (χ0) is 18.6. The third-order valence-corrected chi connectivity index (χ3v) is 4.02. The molecule has 2 rings (SSSR count). The highest BCUT2D eigenvalue weighted by molar-refractivity contribution is 6.36. The average Bonchev–Trinajstić information content (AvgIpc) is 2.52. The van der Waals surface area contributed by atoms with Crippen LogP contribution in [0.3, 0.4) is 0 Å². The molecule has 0 aliphatic heterocycles. The van der Waals surface area contributed by atoms with Crippen LogP contribution in [0, 0.1) is 0 Å². The lowest BCUT2D eigenvalue weighted by Gasteiger charge is -2.09. The van der Waals surface area contributed by atoms with Gasteiger partial charge in [-0.15, -0.1) is 0 Å². The maximum Gasteiger partial charge on any atom is 0.342 e. The second-order valence-corrected chi connectivity index (χ2v) is 5.84. The number of nitrogens with zero attached hydrogens (tertiary/aromatic N) is 1. The zero-order valence-corrected chi connectivity index (χ0v) is 14.2. The van der Waals surface area contributed by atoms with E-state index in [0.29, 0.717) is 15.6 Å². The van der Waals surface area contributed by atoms with Gasteiger partial charge in [0.15, 0.2) is 0 Å². The normalized spacial score (nSPS) is 10.5. The first-order chi connectivity index (χ1) is 11.8. The number of rotatable bonds is 6. The molecule has 0 saturated carbocycles. The third-order valence-electron chi connectivity index (χ3n) is 3.32. The molecule has 1 heterocycles. The number of amides is 1. The summed E-state index contributed by atoms with van der Waals surface area (Å²) in [7, 11) is 0. The van der Waals surface area contributed by atoms with Gasteiger partial charge in [-0.25, -0.2) is 9.59 Å². The molecule has 0 fully saturated rings. The van der Waals surface area contributed by atoms with E-state index < -0.39 is 22.8 Å². The third kappa shape index (κ3) is 4.71. The van der Waals surface area contributed by atoms with Crippen molar-refractivity contribution < 1.29 is 14.7 Å². The summed E-state index contributed by atoms with van der Waals surface area (Å²) in [6, 6.07) is 4.89. The quantitative estimate of drug-likeness (QED) is 0.681. The molecule has 8 nitrogen and oxygen atoms in total. The highest BCUT2D eigenvalue weighted by atomic mass is 35.5. The number of carboxylic acid groups (broad SMARTS) is 1. The van der Waals surface area contributed by atoms with E-state index in [9.17, 15) is 19.2 Å². The van der Waals surface area contributed by atoms with Crippen LogP contribution in [0.4, 0.5) is 0 Å². The van der Waals surface area contributed by atoms with Gasteiger partial charge in [-0.3, -0.25) is 19.1 Å². The maximum atomic E-state index is 12.0. The van der Waals surface area contributed by atoms with Gasteiger partial charge in [0.25, 0.3) is 5.56 Å². The second kappa shape index (κ2) is 8.00. The van der Waals surface area contributed by atoms with E-state index in [1.165, 1.54) is 0 Å². The molecular formula is C15H13Cl2N3O5. The van der Waals surface area contributed by atoms with E-state index >= 15 is 0 Å². The van der Waals surface area contributed by atoms with Crippen molar-refractivity contribution in [2.75, 3.05) is 6.54 Å². The maximum absolute atomic E-state index is 12.0. The van der Waals surface area contributed by atoms with Crippen LogP contribution in [0.25, 0.3) is 0 Å². The number of hydrogen-bond donors (Lipinski definition) is 3. The molecule has 0 aliphatic rings. The fourth-order valence-electron chi connectivity index (χ4n) is 2.07. The first-order valence-corrected chi connectivity index (χ1v) is 7.82. The molecule has 1 aromatic heterocycles. The molecule has 0 atom stereocenters. The predicted octanol–water partition coefficient (Wildman–Crippen LogP) is 0.900. The van der Waals surface area contributed by atoms with E-state index in [-0.39, 0.29) is 25.4 Å². The predicted molar refractivity (Wildman–Crippen MR) is 91.5 cm³/mol. The lowest BCUT2D eigenvalue weighted by Crippen LogP contribution is -2.36. The van der Waals surface area contributed by atoms with Crippen LogP contribution in [0.15, 0.2) is 34.0 Å². The van der Waals surface area contributed by atoms with Gasteiger partial charge < -0.3 is 10.4 Å². The van der Waals surface area contributed by atoms with Gasteiger partial charge in [0.1, 0.15) is 5.56 Å². The average molecular weight is 386 g/mol. The van der Waals surface area contributed by atoms with E-state index in [0.717, 1.165) is 10.8 Å². The van der Waals surface area contributed by atoms with Crippen molar-refractivity contribution in [3.05, 3.63) is 66.4 Å². The Labute approximate surface area is 151 Å². The molecule has 0 bridgehead atoms. The second-order valence-electron chi connectivity index (χ2n) is 5.03. The molecular weight excluding hydrogens is 373 g/mol. The summed E-state index contributed by atoms with van der Waals surface area (Å²) in [5.41, 5.74) is -1.82. The Kier molecular flexibility index (Phi) is 6.00. The smallest absolute Gasteiger partial charge is 0.342 e. The standard InChI is InChI=1S/C15H13Cl2N3O5/c16-10-2-1-3-11(17)8(10)6-12(21)18-4-5-20-7-9(14(23)24)13(22)19-15(20)25/h1-3,7H,4-6H2,(H,18,21)(H,23,24)(H,19,22,25). The summed E-state index contributed by atoms with van der Waals surface area (Å²) in [5.74, 6) is -1.82. The monoisotopic (exact) mass is 385 g/mol. The SMILES string of the molecule is O=C(Cc1c(Cl)cccc1Cl)NCCn1cc(C(=O)O)c(=O)[nH]c1=O. The van der Waals surface area contributed by atoms with Crippen molar-refractivity contribution in [2.24, 2.45) is 0 Å². The largest absolute Gasteiger partial charge is 0.477 e. The van der Waals surface area contributed by atoms with Crippen molar-refractivity contribution in [3.63, 3.8) is 0 Å². The first kappa shape index (κ1) is 18.8. The molecule has 10 heteroatoms. The molecule has 1 aromatic carbocycles. The number of benzene rings is 1. The molecule has 0 saturated heterocycles. The number of carbonyl (C=O) groups is 2. The van der Waals surface area contributed by atoms with Gasteiger partial charge in [0, 0.05) is 29.3 Å². The van der Waals surface area contributed by atoms with Crippen LogP contribution in [0.5, 0.6) is 0 Å². The van der Waals surface area contributed by atoms with E-state index in [1.807, 2.05) is 4.98 Å². The van der Waals surface area contributed by atoms with Crippen LogP contribution in [0.1, 0.15) is 15.9 Å². The Morgan fingerprint density at radius 1 is 1.20 bits per heavy atom. The fraction of sp³-hybridized carbons (Fsp3) is 0.200. The summed E-state index contributed by atoms with van der Waals surface area (Å²) < 4.78 is 0.994. The minimum Gasteiger partial charge on any atom is -0.477 e. The Morgan fingerprint density at radius 3 is 2.44 bits per heavy atom. The number of aromatic amines is 1. The molecule has 1 amide bonds. The summed E-state index contributed by atoms with van der Waals surface area (Å²) >= 11 is 12.0. The number of aromatic carboxylic acids is 1. The highest BCUT2D eigenvalue weighted by Crippen LogP contribution is 2.24. The van der Waals surface area contributed by atoms with Crippen LogP contribution in [-0.4, -0.2) is 33.1 Å². The molecule has 25 heavy (non-hydrogen) atoms. The summed E-state index contributed by atoms with van der Waals surface area (Å²) in [6.07, 6.45) is 0.889. The molecule has 0 radical (unpaired) electrons. The number of nitrogens with one attached hydrogen (secondary N) is 2. The van der Waals surface area contributed by atoms with Gasteiger partial charge in [-0.05, 0) is 17.7 Å². The lowest BCUT2D eigenvalue weighted by molar-refractivity contribution is -0.120. The Bertz CT molecular complexity index is 915. The number of carboxylic acids is 1. The van der Waals surface area contributed by atoms with Gasteiger partial charge in [-0.1, -0.05) is 29.3 Å². The number of H-pyrrole nitrogens is 1. The molecule has 3 N–H and O–H groups in total. The van der Waals surface area contributed by atoms with Gasteiger partial charge in [-0.2, -0.15) is 0 Å². The first-order valence-electron chi connectivity index (χ1n) is 7.06. The molecule has 0 aliphatic carbocycles. The molecule has 0 spiro atoms. The van der Waals surface area contributed by atoms with Crippen molar-refractivity contribution in [1.82, 2.24) is 14.9 Å². The Morgan fingerprint density at radius 2 is 1.84 bits per heavy atom. The topological polar surface area (TPSA) is 121 Å². The highest BCUT2D eigenvalue weighted by Gasteiger charge is 2.13. The van der Waals surface area contributed by atoms with Crippen LogP contribution in [0.2, 0.25) is 10.0 Å². The number of halogens is 2. The summed E-state index contributed by atoms with van der Waals surface area (Å²) in [4.78, 5) is 47.7. The van der Waals surface area contributed by atoms with Crippen LogP contribution < -0.4 is 16.6 Å². The van der Waals surface area contributed by atoms with Crippen molar-refractivity contribution >= 4 is 35.1 Å². The van der Waals surface area contributed by atoms with Crippen LogP contribution in [-0.2, 0) is 17.8 Å². The lowest BCUT2D eigenvalue weighted by atomic mass is 10.1. The number of hydrogen-bond acceptors (Lipinski definition) is 4. The van der Waals surface area contributed by atoms with Crippen LogP contribution >= 0.6 is 23.2 Å². The minimum atomic E-state index is -1.45. The number of aromatic nitrogens is 2. The Balaban J connectivity index is 2.00. The van der Waals surface area contributed by atoms with Gasteiger partial charge >= 0.3 is 11.7 Å². The molecule has 2 aromatic rings. The Hall–Kier alpha value is -2.58. The van der Waals surface area contributed by atoms with E-state index in [4.69, 9.17) is 28.3 Å². The zero-order valence-electron chi connectivity index (χ0n) is 12.7. The number of carbonyl (C=O) groups excluding carboxylic acids is 1. The molecule has 0 unspecified atom stereocenters. The summed E-state index contributed by atoms with van der Waals surface area (Å²) in [5, 5.41) is 12.2. The minimum absolute atomic E-state index is 0.0160. The fourth-order valence-corrected chi connectivity index (χ4v) is 2.60. The van der Waals surface area contributed by atoms with E-state index in [2.05, 4.69) is 5.32 Å². The van der Waals surface area contributed by atoms with Gasteiger partial charge in [0.05, 0.1) is 6.42 Å². The summed E-state index contributed by atoms with van der Waals surface area (Å²) in [6.45, 7) is 0.0315. The van der Waals surface area contributed by atoms with Crippen molar-refractivity contribution in [2.45, 2.75) is 13.0 Å². The van der Waals surface area contributed by atoms with Gasteiger partial charge in [0.2, 0.25) is 5.91 Å².